The Balaban J connectivity index is 2.68. The molecule has 10 heavy (non-hydrogen) atoms. The van der Waals surface area contributed by atoms with E-state index in [1.807, 2.05) is 27.9 Å². The lowest BCUT2D eigenvalue weighted by Crippen LogP contribution is -2.34. The summed E-state index contributed by atoms with van der Waals surface area (Å²) in [4.78, 5) is 0. The lowest BCUT2D eigenvalue weighted by Gasteiger charge is -1.87. The summed E-state index contributed by atoms with van der Waals surface area (Å²) >= 11 is 0. The average molecular weight is 138 g/mol. The monoisotopic (exact) mass is 138 g/mol. The molecule has 0 radical (unpaired) electrons. The van der Waals surface area contributed by atoms with Crippen LogP contribution >= 0.6 is 0 Å². The van der Waals surface area contributed by atoms with Gasteiger partial charge in [0.1, 0.15) is 18.9 Å². The molecule has 54 valence electrons. The molecule has 3 nitrogen and oxygen atoms in total. The number of hydrogen-bond acceptors (Lipinski definition) is 1. The third kappa shape index (κ3) is 1.45. The lowest BCUT2D eigenvalue weighted by molar-refractivity contribution is -0.693. The van der Waals surface area contributed by atoms with Gasteiger partial charge in [-0.2, -0.15) is 0 Å². The smallest absolute Gasteiger partial charge is 0.248 e. The minimum atomic E-state index is 0.672. The van der Waals surface area contributed by atoms with E-state index in [0.29, 0.717) is 6.54 Å². The maximum atomic E-state index is 5.36. The van der Waals surface area contributed by atoms with Gasteiger partial charge >= 0.3 is 0 Å². The van der Waals surface area contributed by atoms with E-state index < -0.39 is 0 Å². The van der Waals surface area contributed by atoms with Crippen LogP contribution in [0.2, 0.25) is 0 Å². The van der Waals surface area contributed by atoms with Gasteiger partial charge in [0.15, 0.2) is 0 Å². The zero-order chi connectivity index (χ0) is 7.40. The van der Waals surface area contributed by atoms with Crippen LogP contribution in [0.1, 0.15) is 0 Å². The highest BCUT2D eigenvalue weighted by molar-refractivity contribution is 5.12. The molecule has 1 heterocycles. The number of nitrogens with two attached hydrogens (primary N) is 1. The second kappa shape index (κ2) is 3.17. The van der Waals surface area contributed by atoms with Crippen molar-refractivity contribution in [2.75, 3.05) is 6.54 Å². The van der Waals surface area contributed by atoms with Crippen LogP contribution in [0.15, 0.2) is 25.3 Å². The van der Waals surface area contributed by atoms with Crippen molar-refractivity contribution < 1.29 is 4.57 Å². The molecule has 0 aliphatic carbocycles. The Kier molecular flexibility index (Phi) is 2.23. The first-order valence-corrected chi connectivity index (χ1v) is 3.26. The van der Waals surface area contributed by atoms with Crippen LogP contribution in [0.3, 0.4) is 0 Å². The Bertz CT molecular complexity index is 214. The molecule has 0 atom stereocenters. The third-order valence-electron chi connectivity index (χ3n) is 1.31. The van der Waals surface area contributed by atoms with Crippen LogP contribution in [-0.2, 0) is 6.54 Å². The molecule has 0 saturated carbocycles. The molecule has 1 aromatic heterocycles. The highest BCUT2D eigenvalue weighted by Gasteiger charge is 1.96. The van der Waals surface area contributed by atoms with Crippen molar-refractivity contribution in [2.24, 2.45) is 5.73 Å². The van der Waals surface area contributed by atoms with Gasteiger partial charge in [0, 0.05) is 6.54 Å². The molecule has 0 aromatic carbocycles. The van der Waals surface area contributed by atoms with E-state index in [1.165, 1.54) is 0 Å². The van der Waals surface area contributed by atoms with E-state index in [2.05, 4.69) is 6.58 Å². The molecule has 0 aliphatic heterocycles. The Morgan fingerprint density at radius 2 is 2.50 bits per heavy atom. The average Bonchev–Trinajstić information content (AvgIpc) is 2.37. The van der Waals surface area contributed by atoms with E-state index in [4.69, 9.17) is 5.73 Å². The van der Waals surface area contributed by atoms with Crippen molar-refractivity contribution in [3.63, 3.8) is 0 Å². The second-order valence-electron chi connectivity index (χ2n) is 2.07. The van der Waals surface area contributed by atoms with Crippen molar-refractivity contribution in [3.05, 3.63) is 25.3 Å². The fourth-order valence-electron chi connectivity index (χ4n) is 0.800. The van der Waals surface area contributed by atoms with E-state index in [-0.39, 0.29) is 0 Å². The predicted octanol–water partition coefficient (Wildman–Crippen LogP) is -0.165. The van der Waals surface area contributed by atoms with Gasteiger partial charge in [0.05, 0.1) is 6.20 Å². The van der Waals surface area contributed by atoms with Crippen LogP contribution in [-0.4, -0.2) is 11.1 Å². The van der Waals surface area contributed by atoms with Crippen LogP contribution in [0, 0.1) is 0 Å². The molecular formula is C7H12N3+. The summed E-state index contributed by atoms with van der Waals surface area (Å²) in [6.45, 7) is 5.16. The van der Waals surface area contributed by atoms with Gasteiger partial charge in [0.25, 0.3) is 0 Å². The highest BCUT2D eigenvalue weighted by atomic mass is 15.1. The van der Waals surface area contributed by atoms with Gasteiger partial charge in [0.2, 0.25) is 6.33 Å². The summed E-state index contributed by atoms with van der Waals surface area (Å²) in [5.41, 5.74) is 5.36. The number of rotatable bonds is 3. The van der Waals surface area contributed by atoms with E-state index in [9.17, 15) is 0 Å². The van der Waals surface area contributed by atoms with Gasteiger partial charge < -0.3 is 5.73 Å². The van der Waals surface area contributed by atoms with Gasteiger partial charge in [-0.1, -0.05) is 6.58 Å². The molecule has 2 N–H and O–H groups in total. The summed E-state index contributed by atoms with van der Waals surface area (Å²) in [5, 5.41) is 0. The van der Waals surface area contributed by atoms with E-state index in [1.54, 1.807) is 6.20 Å². The number of hydrogen-bond donors (Lipinski definition) is 1. The minimum absolute atomic E-state index is 0.672. The van der Waals surface area contributed by atoms with Gasteiger partial charge in [-0.3, -0.25) is 0 Å². The third-order valence-corrected chi connectivity index (χ3v) is 1.31. The van der Waals surface area contributed by atoms with Crippen LogP contribution in [0.5, 0.6) is 0 Å². The maximum Gasteiger partial charge on any atom is 0.248 e. The highest BCUT2D eigenvalue weighted by Crippen LogP contribution is 1.81. The van der Waals surface area contributed by atoms with Gasteiger partial charge in [-0.05, 0) is 0 Å². The van der Waals surface area contributed by atoms with Crippen molar-refractivity contribution in [3.8, 4) is 0 Å². The summed E-state index contributed by atoms with van der Waals surface area (Å²) in [6, 6.07) is 0. The number of aromatic nitrogens is 2. The Morgan fingerprint density at radius 3 is 3.00 bits per heavy atom. The number of imidazole rings is 1. The fourth-order valence-corrected chi connectivity index (χ4v) is 0.800. The Morgan fingerprint density at radius 1 is 1.70 bits per heavy atom. The lowest BCUT2D eigenvalue weighted by atomic mass is 10.6. The normalized spacial score (nSPS) is 9.70. The predicted molar refractivity (Wildman–Crippen MR) is 40.1 cm³/mol. The SMILES string of the molecule is C=Cn1cc[n+](CCN)c1. The molecular weight excluding hydrogens is 126 g/mol. The molecule has 0 unspecified atom stereocenters. The van der Waals surface area contributed by atoms with Crippen molar-refractivity contribution in [2.45, 2.75) is 6.54 Å². The largest absolute Gasteiger partial charge is 0.327 e. The molecule has 0 saturated heterocycles. The molecule has 3 heteroatoms. The molecule has 1 aromatic rings. The van der Waals surface area contributed by atoms with Crippen LogP contribution in [0.25, 0.3) is 6.20 Å². The standard InChI is InChI=1S/C7H12N3/c1-2-9-5-6-10(7-9)4-3-8/h2,5-7H,1,3-4,8H2/q+1. The molecule has 0 spiro atoms. The first-order valence-electron chi connectivity index (χ1n) is 3.26. The fraction of sp³-hybridized carbons (Fsp3) is 0.286. The number of nitrogens with zero attached hydrogens (tertiary/aromatic N) is 2. The first-order chi connectivity index (χ1) is 4.86. The first kappa shape index (κ1) is 7.02. The molecule has 1 rings (SSSR count). The van der Waals surface area contributed by atoms with Gasteiger partial charge in [-0.25, -0.2) is 9.13 Å². The van der Waals surface area contributed by atoms with Crippen LogP contribution < -0.4 is 10.3 Å². The van der Waals surface area contributed by atoms with Crippen molar-refractivity contribution >= 4 is 6.20 Å². The summed E-state index contributed by atoms with van der Waals surface area (Å²) in [7, 11) is 0. The Hall–Kier alpha value is -1.09. The van der Waals surface area contributed by atoms with Gasteiger partial charge in [-0.15, -0.1) is 0 Å². The zero-order valence-electron chi connectivity index (χ0n) is 5.90. The van der Waals surface area contributed by atoms with Crippen molar-refractivity contribution in [1.29, 1.82) is 0 Å². The molecule has 0 bridgehead atoms. The minimum Gasteiger partial charge on any atom is -0.327 e. The quantitative estimate of drug-likeness (QED) is 0.578. The topological polar surface area (TPSA) is 34.8 Å². The van der Waals surface area contributed by atoms with Crippen LogP contribution in [0.4, 0.5) is 0 Å². The second-order valence-corrected chi connectivity index (χ2v) is 2.07. The summed E-state index contributed by atoms with van der Waals surface area (Å²) in [5.74, 6) is 0. The maximum absolute atomic E-state index is 5.36. The Labute approximate surface area is 60.4 Å². The van der Waals surface area contributed by atoms with E-state index in [0.717, 1.165) is 6.54 Å². The molecule has 0 fully saturated rings. The zero-order valence-corrected chi connectivity index (χ0v) is 5.90. The summed E-state index contributed by atoms with van der Waals surface area (Å²) in [6.07, 6.45) is 7.59. The molecule has 0 amide bonds. The molecule has 0 aliphatic rings. The van der Waals surface area contributed by atoms with E-state index >= 15 is 0 Å². The van der Waals surface area contributed by atoms with Crippen molar-refractivity contribution in [1.82, 2.24) is 4.57 Å². The summed E-state index contributed by atoms with van der Waals surface area (Å²) < 4.78 is 3.90.